The van der Waals surface area contributed by atoms with E-state index >= 15 is 0 Å². The van der Waals surface area contributed by atoms with Gasteiger partial charge in [-0.15, -0.1) is 0 Å². The smallest absolute Gasteiger partial charge is 0.306 e. The molecule has 10 heteroatoms. The van der Waals surface area contributed by atoms with Gasteiger partial charge in [0.15, 0.2) is 6.10 Å². The molecule has 0 heterocycles. The summed E-state index contributed by atoms with van der Waals surface area (Å²) in [7, 11) is 1.18. The molecule has 0 fully saturated rings. The predicted octanol–water partition coefficient (Wildman–Crippen LogP) is 21.5. The number of phosphoric acid groups is 1. The number of allylic oxidation sites excluding steroid dienone is 14. The maximum atomic E-state index is 12.8. The molecule has 0 aliphatic carbocycles. The summed E-state index contributed by atoms with van der Waals surface area (Å²) in [6, 6.07) is 0. The summed E-state index contributed by atoms with van der Waals surface area (Å²) in [5, 5.41) is 0. The lowest BCUT2D eigenvalue weighted by Crippen LogP contribution is -2.37. The van der Waals surface area contributed by atoms with E-state index in [0.717, 1.165) is 83.5 Å². The predicted molar refractivity (Wildman–Crippen MR) is 351 cm³/mol. The van der Waals surface area contributed by atoms with E-state index in [0.29, 0.717) is 17.4 Å². The summed E-state index contributed by atoms with van der Waals surface area (Å²) in [5.74, 6) is -0.818. The largest absolute Gasteiger partial charge is 0.756 e. The molecule has 0 aromatic rings. The molecule has 0 aliphatic heterocycles. The molecule has 0 N–H and O–H groups in total. The quantitative estimate of drug-likeness (QED) is 0.0195. The molecule has 82 heavy (non-hydrogen) atoms. The van der Waals surface area contributed by atoms with E-state index < -0.39 is 26.5 Å². The lowest BCUT2D eigenvalue weighted by atomic mass is 10.0. The number of phosphoric ester groups is 1. The Labute approximate surface area is 507 Å². The van der Waals surface area contributed by atoms with Gasteiger partial charge in [-0.05, 0) is 70.6 Å². The Hall–Kier alpha value is -2.81. The van der Waals surface area contributed by atoms with Crippen molar-refractivity contribution in [3.8, 4) is 0 Å². The number of hydrogen-bond donors (Lipinski definition) is 0. The lowest BCUT2D eigenvalue weighted by Gasteiger charge is -2.28. The third-order valence-corrected chi connectivity index (χ3v) is 15.9. The number of ether oxygens (including phenoxy) is 2. The number of quaternary nitrogens is 1. The maximum absolute atomic E-state index is 12.8. The van der Waals surface area contributed by atoms with Crippen molar-refractivity contribution in [2.45, 2.75) is 315 Å². The van der Waals surface area contributed by atoms with Crippen LogP contribution in [0.1, 0.15) is 309 Å². The van der Waals surface area contributed by atoms with Gasteiger partial charge < -0.3 is 27.9 Å². The molecule has 0 amide bonds. The summed E-state index contributed by atoms with van der Waals surface area (Å²) in [6.07, 6.45) is 85.2. The summed E-state index contributed by atoms with van der Waals surface area (Å²) in [6.45, 7) is 4.17. The van der Waals surface area contributed by atoms with Crippen LogP contribution in [0.15, 0.2) is 85.1 Å². The average molecular weight is 1170 g/mol. The highest BCUT2D eigenvalue weighted by Gasteiger charge is 2.22. The van der Waals surface area contributed by atoms with Crippen molar-refractivity contribution in [1.82, 2.24) is 0 Å². The number of unbranched alkanes of at least 4 members (excludes halogenated alkanes) is 35. The van der Waals surface area contributed by atoms with Crippen LogP contribution in [0.25, 0.3) is 0 Å². The van der Waals surface area contributed by atoms with Crippen molar-refractivity contribution in [1.29, 1.82) is 0 Å². The first kappa shape index (κ1) is 79.2. The highest BCUT2D eigenvalue weighted by Crippen LogP contribution is 2.38. The molecule has 0 saturated carbocycles. The third-order valence-electron chi connectivity index (χ3n) is 14.9. The van der Waals surface area contributed by atoms with E-state index in [1.54, 1.807) is 0 Å². The van der Waals surface area contributed by atoms with Crippen molar-refractivity contribution in [2.75, 3.05) is 47.5 Å². The molecule has 0 rings (SSSR count). The fourth-order valence-corrected chi connectivity index (χ4v) is 10.4. The number of hydrogen-bond acceptors (Lipinski definition) is 8. The van der Waals surface area contributed by atoms with Crippen LogP contribution < -0.4 is 4.89 Å². The number of carbonyl (C=O) groups is 2. The topological polar surface area (TPSA) is 111 Å². The fraction of sp³-hybridized carbons (Fsp3) is 0.778. The molecule has 0 bridgehead atoms. The second kappa shape index (κ2) is 62.7. The molecule has 2 atom stereocenters. The Balaban J connectivity index is 3.94. The molecular weight excluding hydrogens is 1040 g/mol. The zero-order chi connectivity index (χ0) is 59.8. The van der Waals surface area contributed by atoms with Crippen molar-refractivity contribution in [3.05, 3.63) is 85.1 Å². The first-order valence-corrected chi connectivity index (χ1v) is 35.8. The van der Waals surface area contributed by atoms with E-state index in [1.165, 1.54) is 193 Å². The number of rotatable bonds is 63. The van der Waals surface area contributed by atoms with Gasteiger partial charge >= 0.3 is 11.9 Å². The Kier molecular flexibility index (Phi) is 60.6. The zero-order valence-corrected chi connectivity index (χ0v) is 55.1. The van der Waals surface area contributed by atoms with Crippen LogP contribution in [-0.2, 0) is 32.7 Å². The molecular formula is C72H130NO8P. The Bertz CT molecular complexity index is 1660. The van der Waals surface area contributed by atoms with Gasteiger partial charge in [-0.2, -0.15) is 0 Å². The highest BCUT2D eigenvalue weighted by molar-refractivity contribution is 7.45. The third kappa shape index (κ3) is 66.3. The van der Waals surface area contributed by atoms with Crippen LogP contribution in [0.5, 0.6) is 0 Å². The van der Waals surface area contributed by atoms with E-state index in [4.69, 9.17) is 18.5 Å². The van der Waals surface area contributed by atoms with E-state index in [9.17, 15) is 19.0 Å². The second-order valence-electron chi connectivity index (χ2n) is 24.2. The van der Waals surface area contributed by atoms with Crippen LogP contribution >= 0.6 is 7.82 Å². The molecule has 0 aromatic carbocycles. The molecule has 476 valence electrons. The minimum Gasteiger partial charge on any atom is -0.756 e. The van der Waals surface area contributed by atoms with Crippen LogP contribution in [0, 0.1) is 0 Å². The number of nitrogens with zero attached hydrogens (tertiary/aromatic N) is 1. The summed E-state index contributed by atoms with van der Waals surface area (Å²) >= 11 is 0. The number of carbonyl (C=O) groups excluding carboxylic acids is 2. The van der Waals surface area contributed by atoms with Gasteiger partial charge in [-0.1, -0.05) is 311 Å². The zero-order valence-electron chi connectivity index (χ0n) is 54.2. The van der Waals surface area contributed by atoms with Gasteiger partial charge in [0.25, 0.3) is 7.82 Å². The van der Waals surface area contributed by atoms with Gasteiger partial charge in [0.05, 0.1) is 27.7 Å². The molecule has 0 spiro atoms. The van der Waals surface area contributed by atoms with E-state index in [2.05, 4.69) is 98.9 Å². The molecule has 0 aliphatic rings. The van der Waals surface area contributed by atoms with Gasteiger partial charge in [0, 0.05) is 12.8 Å². The van der Waals surface area contributed by atoms with Crippen molar-refractivity contribution in [3.63, 3.8) is 0 Å². The summed E-state index contributed by atoms with van der Waals surface area (Å²) in [4.78, 5) is 38.0. The first-order valence-electron chi connectivity index (χ1n) is 34.3. The monoisotopic (exact) mass is 1170 g/mol. The van der Waals surface area contributed by atoms with Gasteiger partial charge in [0.2, 0.25) is 0 Å². The van der Waals surface area contributed by atoms with Crippen molar-refractivity contribution >= 4 is 19.8 Å². The minimum atomic E-state index is -4.64. The lowest BCUT2D eigenvalue weighted by molar-refractivity contribution is -0.870. The van der Waals surface area contributed by atoms with Gasteiger partial charge in [-0.3, -0.25) is 14.2 Å². The number of esters is 2. The van der Waals surface area contributed by atoms with E-state index in [1.807, 2.05) is 21.1 Å². The van der Waals surface area contributed by atoms with Gasteiger partial charge in [-0.25, -0.2) is 0 Å². The van der Waals surface area contributed by atoms with E-state index in [-0.39, 0.29) is 32.0 Å². The first-order chi connectivity index (χ1) is 40.0. The molecule has 2 unspecified atom stereocenters. The fourth-order valence-electron chi connectivity index (χ4n) is 9.70. The SMILES string of the molecule is CC/C=C\C/C=C\C/C=C\C/C=C\C/C=C\C/C=C\C/C=C\CCCCCCCCCCCCCCCCCCCCCC(=O)OC(COC(=O)CCCCCCCCCCCCCCCCCCC)COP(=O)([O-])OCC[N+](C)(C)C. The normalized spacial score (nSPS) is 13.7. The molecule has 9 nitrogen and oxygen atoms in total. The second-order valence-corrected chi connectivity index (χ2v) is 25.6. The van der Waals surface area contributed by atoms with Crippen molar-refractivity contribution in [2.24, 2.45) is 0 Å². The average Bonchev–Trinajstić information content (AvgIpc) is 3.45. The maximum Gasteiger partial charge on any atom is 0.306 e. The van der Waals surface area contributed by atoms with Crippen LogP contribution in [-0.4, -0.2) is 70.0 Å². The molecule has 0 radical (unpaired) electrons. The van der Waals surface area contributed by atoms with Crippen LogP contribution in [0.2, 0.25) is 0 Å². The van der Waals surface area contributed by atoms with Crippen molar-refractivity contribution < 1.29 is 42.1 Å². The summed E-state index contributed by atoms with van der Waals surface area (Å²) in [5.41, 5.74) is 0. The number of likely N-dealkylation sites (N-methyl/N-ethyl adjacent to an activating group) is 1. The Morgan fingerprint density at radius 2 is 0.695 bits per heavy atom. The highest BCUT2D eigenvalue weighted by atomic mass is 31.2. The Morgan fingerprint density at radius 3 is 1.04 bits per heavy atom. The van der Waals surface area contributed by atoms with Gasteiger partial charge in [0.1, 0.15) is 19.8 Å². The Morgan fingerprint density at radius 1 is 0.390 bits per heavy atom. The molecule has 0 aromatic heterocycles. The standard InChI is InChI=1S/C72H130NO8P/c1-6-8-10-12-14-16-18-20-22-24-25-26-27-28-29-30-31-32-33-34-35-36-37-38-39-40-41-42-43-44-45-46-47-49-51-53-55-57-59-61-63-65-72(75)81-70(69-80-82(76,77)79-67-66-73(3,4)5)68-78-71(74)64-62-60-58-56-54-52-50-48-23-21-19-17-15-13-11-9-7-2/h8,10,14,16,20,22,25-26,28-29,31-32,34-35,70H,6-7,9,11-13,15,17-19,21,23-24,27,30,33,36-69H2,1-5H3/b10-8-,16-14-,22-20-,26-25-,29-28-,32-31-,35-34-. The molecule has 0 saturated heterocycles. The summed E-state index contributed by atoms with van der Waals surface area (Å²) < 4.78 is 34.3. The van der Waals surface area contributed by atoms with Crippen LogP contribution in [0.4, 0.5) is 0 Å². The van der Waals surface area contributed by atoms with Crippen LogP contribution in [0.3, 0.4) is 0 Å². The minimum absolute atomic E-state index is 0.0297.